The minimum Gasteiger partial charge on any atom is -0.461 e. The van der Waals surface area contributed by atoms with E-state index in [1.165, 1.54) is 6.20 Å². The molecule has 14 heavy (non-hydrogen) atoms. The van der Waals surface area contributed by atoms with E-state index in [0.717, 1.165) is 13.1 Å². The van der Waals surface area contributed by atoms with Crippen molar-refractivity contribution in [2.45, 2.75) is 13.0 Å². The normalized spacial score (nSPS) is 16.4. The lowest BCUT2D eigenvalue weighted by Crippen LogP contribution is -2.44. The monoisotopic (exact) mass is 196 g/mol. The minimum absolute atomic E-state index is 0.233. The zero-order valence-electron chi connectivity index (χ0n) is 7.93. The Bertz CT molecular complexity index is 332. The highest BCUT2D eigenvalue weighted by Crippen LogP contribution is 2.13. The molecule has 0 atom stereocenters. The zero-order valence-corrected chi connectivity index (χ0v) is 7.93. The van der Waals surface area contributed by atoms with Crippen molar-refractivity contribution < 1.29 is 9.53 Å². The molecule has 2 rings (SSSR count). The maximum Gasteiger partial charge on any atom is 0.358 e. The largest absolute Gasteiger partial charge is 0.461 e. The van der Waals surface area contributed by atoms with Crippen LogP contribution in [0.25, 0.3) is 0 Å². The van der Waals surface area contributed by atoms with Crippen LogP contribution in [-0.4, -0.2) is 40.7 Å². The molecule has 0 saturated carbocycles. The molecule has 0 spiro atoms. The number of esters is 1. The van der Waals surface area contributed by atoms with E-state index in [0.29, 0.717) is 12.3 Å². The van der Waals surface area contributed by atoms with Crippen LogP contribution in [0.5, 0.6) is 0 Å². The predicted octanol–water partition coefficient (Wildman–Crippen LogP) is -0.401. The van der Waals surface area contributed by atoms with Gasteiger partial charge in [-0.3, -0.25) is 0 Å². The molecule has 1 aromatic heterocycles. The van der Waals surface area contributed by atoms with Gasteiger partial charge in [0.15, 0.2) is 5.69 Å². The summed E-state index contributed by atoms with van der Waals surface area (Å²) in [6, 6.07) is 0.233. The molecular formula is C8H12N4O2. The Morgan fingerprint density at radius 1 is 1.79 bits per heavy atom. The summed E-state index contributed by atoms with van der Waals surface area (Å²) in [7, 11) is 0. The highest BCUT2D eigenvalue weighted by atomic mass is 16.5. The molecular weight excluding hydrogens is 184 g/mol. The van der Waals surface area contributed by atoms with Crippen molar-refractivity contribution in [3.63, 3.8) is 0 Å². The summed E-state index contributed by atoms with van der Waals surface area (Å²) < 4.78 is 6.51. The third-order valence-electron chi connectivity index (χ3n) is 2.17. The molecule has 0 unspecified atom stereocenters. The van der Waals surface area contributed by atoms with Gasteiger partial charge in [0.05, 0.1) is 18.8 Å². The Kier molecular flexibility index (Phi) is 2.45. The topological polar surface area (TPSA) is 69.0 Å². The van der Waals surface area contributed by atoms with Crippen LogP contribution in [-0.2, 0) is 4.74 Å². The Labute approximate surface area is 81.2 Å². The van der Waals surface area contributed by atoms with Gasteiger partial charge in [-0.2, -0.15) is 0 Å². The van der Waals surface area contributed by atoms with Gasteiger partial charge in [-0.1, -0.05) is 5.21 Å². The first kappa shape index (κ1) is 9.14. The van der Waals surface area contributed by atoms with Crippen LogP contribution in [0.1, 0.15) is 23.5 Å². The number of aromatic nitrogens is 3. The molecule has 0 bridgehead atoms. The lowest BCUT2D eigenvalue weighted by Gasteiger charge is -2.27. The molecule has 6 nitrogen and oxygen atoms in total. The quantitative estimate of drug-likeness (QED) is 0.666. The van der Waals surface area contributed by atoms with Crippen molar-refractivity contribution >= 4 is 5.97 Å². The molecule has 6 heteroatoms. The number of rotatable bonds is 3. The van der Waals surface area contributed by atoms with Gasteiger partial charge in [0.25, 0.3) is 0 Å². The first-order valence-electron chi connectivity index (χ1n) is 4.61. The first-order chi connectivity index (χ1) is 6.83. The Morgan fingerprint density at radius 3 is 3.14 bits per heavy atom. The molecule has 0 aliphatic carbocycles. The SMILES string of the molecule is CCOC(=O)c1cnnn1C1CNC1. The lowest BCUT2D eigenvalue weighted by molar-refractivity contribution is 0.0506. The van der Waals surface area contributed by atoms with E-state index in [4.69, 9.17) is 4.74 Å². The molecule has 1 aromatic rings. The summed E-state index contributed by atoms with van der Waals surface area (Å²) >= 11 is 0. The first-order valence-corrected chi connectivity index (χ1v) is 4.61. The molecule has 1 saturated heterocycles. The Hall–Kier alpha value is -1.43. The van der Waals surface area contributed by atoms with Gasteiger partial charge < -0.3 is 10.1 Å². The van der Waals surface area contributed by atoms with Crippen LogP contribution < -0.4 is 5.32 Å². The van der Waals surface area contributed by atoms with Crippen molar-refractivity contribution in [1.82, 2.24) is 20.3 Å². The van der Waals surface area contributed by atoms with Crippen LogP contribution in [0.2, 0.25) is 0 Å². The van der Waals surface area contributed by atoms with Gasteiger partial charge in [0, 0.05) is 13.1 Å². The summed E-state index contributed by atoms with van der Waals surface area (Å²) in [6.45, 7) is 3.80. The molecule has 1 N–H and O–H groups in total. The van der Waals surface area contributed by atoms with E-state index in [9.17, 15) is 4.79 Å². The third-order valence-corrected chi connectivity index (χ3v) is 2.17. The number of hydrogen-bond acceptors (Lipinski definition) is 5. The second-order valence-electron chi connectivity index (χ2n) is 3.10. The smallest absolute Gasteiger partial charge is 0.358 e. The van der Waals surface area contributed by atoms with Crippen molar-refractivity contribution in [3.8, 4) is 0 Å². The van der Waals surface area contributed by atoms with Gasteiger partial charge in [-0.25, -0.2) is 9.48 Å². The van der Waals surface area contributed by atoms with E-state index >= 15 is 0 Å². The molecule has 1 aliphatic heterocycles. The van der Waals surface area contributed by atoms with E-state index < -0.39 is 0 Å². The summed E-state index contributed by atoms with van der Waals surface area (Å²) in [5.74, 6) is -0.357. The van der Waals surface area contributed by atoms with Gasteiger partial charge >= 0.3 is 5.97 Å². The maximum atomic E-state index is 11.4. The van der Waals surface area contributed by atoms with Crippen LogP contribution >= 0.6 is 0 Å². The van der Waals surface area contributed by atoms with E-state index in [1.54, 1.807) is 11.6 Å². The number of carbonyl (C=O) groups is 1. The molecule has 0 aromatic carbocycles. The van der Waals surface area contributed by atoms with Gasteiger partial charge in [0.1, 0.15) is 0 Å². The molecule has 0 radical (unpaired) electrons. The van der Waals surface area contributed by atoms with E-state index in [2.05, 4.69) is 15.6 Å². The highest BCUT2D eigenvalue weighted by molar-refractivity contribution is 5.87. The van der Waals surface area contributed by atoms with Crippen LogP contribution in [0.4, 0.5) is 0 Å². The predicted molar refractivity (Wildman–Crippen MR) is 47.9 cm³/mol. The Morgan fingerprint density at radius 2 is 2.57 bits per heavy atom. The second-order valence-corrected chi connectivity index (χ2v) is 3.10. The lowest BCUT2D eigenvalue weighted by atomic mass is 10.2. The molecule has 76 valence electrons. The minimum atomic E-state index is -0.357. The number of carbonyl (C=O) groups excluding carboxylic acids is 1. The van der Waals surface area contributed by atoms with E-state index in [-0.39, 0.29) is 12.0 Å². The number of hydrogen-bond donors (Lipinski definition) is 1. The fourth-order valence-electron chi connectivity index (χ4n) is 1.31. The summed E-state index contributed by atoms with van der Waals surface area (Å²) in [5, 5.41) is 10.7. The van der Waals surface area contributed by atoms with Crippen LogP contribution in [0, 0.1) is 0 Å². The number of nitrogens with zero attached hydrogens (tertiary/aromatic N) is 3. The standard InChI is InChI=1S/C8H12N4O2/c1-2-14-8(13)7-5-10-11-12(7)6-3-9-4-6/h5-6,9H,2-4H2,1H3. The van der Waals surface area contributed by atoms with Gasteiger partial charge in [-0.05, 0) is 6.92 Å². The molecule has 1 aliphatic rings. The van der Waals surface area contributed by atoms with Gasteiger partial charge in [0.2, 0.25) is 0 Å². The van der Waals surface area contributed by atoms with Crippen molar-refractivity contribution in [2.75, 3.05) is 19.7 Å². The maximum absolute atomic E-state index is 11.4. The molecule has 1 fully saturated rings. The summed E-state index contributed by atoms with van der Waals surface area (Å²) in [4.78, 5) is 11.4. The average Bonchev–Trinajstić information content (AvgIpc) is 2.50. The van der Waals surface area contributed by atoms with E-state index in [1.807, 2.05) is 0 Å². The number of nitrogens with one attached hydrogen (secondary N) is 1. The van der Waals surface area contributed by atoms with Crippen molar-refractivity contribution in [1.29, 1.82) is 0 Å². The van der Waals surface area contributed by atoms with Gasteiger partial charge in [-0.15, -0.1) is 5.10 Å². The third kappa shape index (κ3) is 1.48. The van der Waals surface area contributed by atoms with Crippen molar-refractivity contribution in [3.05, 3.63) is 11.9 Å². The fourth-order valence-corrected chi connectivity index (χ4v) is 1.31. The van der Waals surface area contributed by atoms with Crippen LogP contribution in [0.15, 0.2) is 6.20 Å². The fraction of sp³-hybridized carbons (Fsp3) is 0.625. The zero-order chi connectivity index (χ0) is 9.97. The summed E-state index contributed by atoms with van der Waals surface area (Å²) in [6.07, 6.45) is 1.44. The molecule has 2 heterocycles. The summed E-state index contributed by atoms with van der Waals surface area (Å²) in [5.41, 5.74) is 0.429. The average molecular weight is 196 g/mol. The highest BCUT2D eigenvalue weighted by Gasteiger charge is 2.25. The van der Waals surface area contributed by atoms with Crippen LogP contribution in [0.3, 0.4) is 0 Å². The molecule has 0 amide bonds. The second kappa shape index (κ2) is 3.75. The van der Waals surface area contributed by atoms with Crippen molar-refractivity contribution in [2.24, 2.45) is 0 Å². The number of ether oxygens (including phenoxy) is 1. The Balaban J connectivity index is 2.16.